The van der Waals surface area contributed by atoms with E-state index in [1.165, 1.54) is 16.7 Å². The zero-order valence-corrected chi connectivity index (χ0v) is 19.4. The summed E-state index contributed by atoms with van der Waals surface area (Å²) in [5.74, 6) is 0.307. The fourth-order valence-corrected chi connectivity index (χ4v) is 4.39. The minimum atomic E-state index is -0.264. The predicted octanol–water partition coefficient (Wildman–Crippen LogP) is 5.46. The van der Waals surface area contributed by atoms with Crippen molar-refractivity contribution < 1.29 is 19.1 Å². The lowest BCUT2D eigenvalue weighted by atomic mass is 10.2. The molecule has 1 aliphatic heterocycles. The SMILES string of the molecule is CCOC(=O)CCCN1C(=O)/C(=C/c2ccc(OCc3ccccc3Cl)cc2)SC1=S. The van der Waals surface area contributed by atoms with Gasteiger partial charge in [-0.1, -0.05) is 65.9 Å². The van der Waals surface area contributed by atoms with Crippen molar-refractivity contribution >= 4 is 57.9 Å². The maximum absolute atomic E-state index is 12.7. The van der Waals surface area contributed by atoms with E-state index in [9.17, 15) is 9.59 Å². The van der Waals surface area contributed by atoms with Crippen molar-refractivity contribution in [1.82, 2.24) is 4.90 Å². The van der Waals surface area contributed by atoms with Gasteiger partial charge in [0.2, 0.25) is 0 Å². The Labute approximate surface area is 196 Å². The van der Waals surface area contributed by atoms with Gasteiger partial charge in [-0.2, -0.15) is 0 Å². The van der Waals surface area contributed by atoms with E-state index >= 15 is 0 Å². The highest BCUT2D eigenvalue weighted by Gasteiger charge is 2.31. The number of nitrogens with zero attached hydrogens (tertiary/aromatic N) is 1. The molecule has 0 aliphatic carbocycles. The van der Waals surface area contributed by atoms with Crippen LogP contribution >= 0.6 is 35.6 Å². The molecule has 1 amide bonds. The number of carbonyl (C=O) groups is 2. The first-order valence-electron chi connectivity index (χ1n) is 9.85. The van der Waals surface area contributed by atoms with Gasteiger partial charge in [0.05, 0.1) is 11.5 Å². The van der Waals surface area contributed by atoms with E-state index in [-0.39, 0.29) is 18.3 Å². The van der Waals surface area contributed by atoms with Gasteiger partial charge in [-0.05, 0) is 43.2 Å². The lowest BCUT2D eigenvalue weighted by molar-refractivity contribution is -0.143. The number of carbonyl (C=O) groups excluding carboxylic acids is 2. The lowest BCUT2D eigenvalue weighted by Gasteiger charge is -2.13. The van der Waals surface area contributed by atoms with Crippen LogP contribution in [-0.2, 0) is 20.9 Å². The van der Waals surface area contributed by atoms with Gasteiger partial charge in [-0.15, -0.1) is 0 Å². The normalized spacial score (nSPS) is 14.9. The van der Waals surface area contributed by atoms with E-state index in [2.05, 4.69) is 0 Å². The molecule has 31 heavy (non-hydrogen) atoms. The Morgan fingerprint density at radius 1 is 1.19 bits per heavy atom. The molecular formula is C23H22ClNO4S2. The fraction of sp³-hybridized carbons (Fsp3) is 0.261. The number of hydrogen-bond acceptors (Lipinski definition) is 6. The summed E-state index contributed by atoms with van der Waals surface area (Å²) in [6.07, 6.45) is 2.58. The van der Waals surface area contributed by atoms with E-state index in [1.807, 2.05) is 54.6 Å². The van der Waals surface area contributed by atoms with Crippen molar-refractivity contribution in [3.63, 3.8) is 0 Å². The highest BCUT2D eigenvalue weighted by molar-refractivity contribution is 8.26. The summed E-state index contributed by atoms with van der Waals surface area (Å²) >= 11 is 12.7. The zero-order chi connectivity index (χ0) is 22.2. The molecule has 5 nitrogen and oxygen atoms in total. The molecule has 1 heterocycles. The van der Waals surface area contributed by atoms with Crippen molar-refractivity contribution in [3.05, 3.63) is 69.6 Å². The van der Waals surface area contributed by atoms with Crippen molar-refractivity contribution in [2.75, 3.05) is 13.2 Å². The number of hydrogen-bond donors (Lipinski definition) is 0. The average Bonchev–Trinajstić information content (AvgIpc) is 3.02. The molecule has 0 aromatic heterocycles. The second-order valence-corrected chi connectivity index (χ2v) is 8.77. The van der Waals surface area contributed by atoms with Crippen LogP contribution in [0.15, 0.2) is 53.4 Å². The molecule has 162 valence electrons. The number of rotatable bonds is 9. The molecule has 0 radical (unpaired) electrons. The summed E-state index contributed by atoms with van der Waals surface area (Å²) in [6, 6.07) is 15.0. The molecule has 2 aromatic carbocycles. The molecule has 1 aliphatic rings. The Kier molecular flexibility index (Phi) is 8.51. The maximum atomic E-state index is 12.7. The number of halogens is 1. The average molecular weight is 476 g/mol. The van der Waals surface area contributed by atoms with Crippen LogP contribution in [0.1, 0.15) is 30.9 Å². The summed E-state index contributed by atoms with van der Waals surface area (Å²) in [5.41, 5.74) is 1.79. The molecule has 0 N–H and O–H groups in total. The van der Waals surface area contributed by atoms with Gasteiger partial charge in [0.25, 0.3) is 5.91 Å². The molecule has 1 fully saturated rings. The van der Waals surface area contributed by atoms with Crippen molar-refractivity contribution in [1.29, 1.82) is 0 Å². The van der Waals surface area contributed by atoms with Crippen molar-refractivity contribution in [2.45, 2.75) is 26.4 Å². The van der Waals surface area contributed by atoms with Gasteiger partial charge in [-0.3, -0.25) is 14.5 Å². The molecule has 2 aromatic rings. The van der Waals surface area contributed by atoms with E-state index in [4.69, 9.17) is 33.3 Å². The van der Waals surface area contributed by atoms with Crippen LogP contribution in [0.3, 0.4) is 0 Å². The second kappa shape index (κ2) is 11.3. The first-order valence-corrected chi connectivity index (χ1v) is 11.5. The molecule has 0 unspecified atom stereocenters. The van der Waals surface area contributed by atoms with Gasteiger partial charge in [0.1, 0.15) is 16.7 Å². The number of thiocarbonyl (C=S) groups is 1. The minimum absolute atomic E-state index is 0.141. The fourth-order valence-electron chi connectivity index (χ4n) is 2.90. The van der Waals surface area contributed by atoms with Gasteiger partial charge in [-0.25, -0.2) is 0 Å². The van der Waals surface area contributed by atoms with Crippen molar-refractivity contribution in [2.24, 2.45) is 0 Å². The Bertz CT molecular complexity index is 991. The summed E-state index contributed by atoms with van der Waals surface area (Å²) in [6.45, 7) is 2.90. The van der Waals surface area contributed by atoms with Crippen LogP contribution < -0.4 is 4.74 Å². The van der Waals surface area contributed by atoms with E-state index < -0.39 is 0 Å². The van der Waals surface area contributed by atoms with Crippen LogP contribution in [0.4, 0.5) is 0 Å². The second-order valence-electron chi connectivity index (χ2n) is 6.69. The van der Waals surface area contributed by atoms with Gasteiger partial charge in [0, 0.05) is 23.6 Å². The molecular weight excluding hydrogens is 454 g/mol. The number of ether oxygens (including phenoxy) is 2. The Morgan fingerprint density at radius 3 is 2.65 bits per heavy atom. The molecule has 0 saturated carbocycles. The number of thioether (sulfide) groups is 1. The molecule has 0 atom stereocenters. The number of benzene rings is 2. The number of amides is 1. The molecule has 3 rings (SSSR count). The van der Waals surface area contributed by atoms with E-state index in [0.29, 0.717) is 46.2 Å². The highest BCUT2D eigenvalue weighted by Crippen LogP contribution is 2.33. The Morgan fingerprint density at radius 2 is 1.94 bits per heavy atom. The smallest absolute Gasteiger partial charge is 0.305 e. The standard InChI is InChI=1S/C23H22ClNO4S2/c1-2-28-21(26)8-5-13-25-22(27)20(31-23(25)30)14-16-9-11-18(12-10-16)29-15-17-6-3-4-7-19(17)24/h3-4,6-7,9-12,14H,2,5,8,13,15H2,1H3/b20-14-. The highest BCUT2D eigenvalue weighted by atomic mass is 35.5. The number of esters is 1. The minimum Gasteiger partial charge on any atom is -0.489 e. The third-order valence-corrected chi connectivity index (χ3v) is 6.22. The summed E-state index contributed by atoms with van der Waals surface area (Å²) < 4.78 is 11.2. The lowest BCUT2D eigenvalue weighted by Crippen LogP contribution is -2.29. The molecule has 8 heteroatoms. The van der Waals surface area contributed by atoms with Crippen molar-refractivity contribution in [3.8, 4) is 5.75 Å². The first kappa shape index (κ1) is 23.3. The third-order valence-electron chi connectivity index (χ3n) is 4.47. The topological polar surface area (TPSA) is 55.8 Å². The first-order chi connectivity index (χ1) is 15.0. The third kappa shape index (κ3) is 6.56. The molecule has 0 spiro atoms. The summed E-state index contributed by atoms with van der Waals surface area (Å²) in [4.78, 5) is 26.2. The van der Waals surface area contributed by atoms with Gasteiger partial charge >= 0.3 is 5.97 Å². The van der Waals surface area contributed by atoms with Crippen LogP contribution in [0, 0.1) is 0 Å². The van der Waals surface area contributed by atoms with Gasteiger partial charge in [0.15, 0.2) is 0 Å². The largest absolute Gasteiger partial charge is 0.489 e. The van der Waals surface area contributed by atoms with Crippen LogP contribution in [0.5, 0.6) is 5.75 Å². The van der Waals surface area contributed by atoms with E-state index in [1.54, 1.807) is 6.92 Å². The van der Waals surface area contributed by atoms with Crippen LogP contribution in [-0.4, -0.2) is 34.2 Å². The van der Waals surface area contributed by atoms with Crippen LogP contribution in [0.2, 0.25) is 5.02 Å². The Hall–Kier alpha value is -2.35. The molecule has 0 bridgehead atoms. The summed E-state index contributed by atoms with van der Waals surface area (Å²) in [5, 5.41) is 0.670. The zero-order valence-electron chi connectivity index (χ0n) is 17.0. The molecule has 1 saturated heterocycles. The van der Waals surface area contributed by atoms with Crippen LogP contribution in [0.25, 0.3) is 6.08 Å². The predicted molar refractivity (Wildman–Crippen MR) is 128 cm³/mol. The van der Waals surface area contributed by atoms with Gasteiger partial charge < -0.3 is 9.47 Å². The maximum Gasteiger partial charge on any atom is 0.305 e. The quantitative estimate of drug-likeness (QED) is 0.272. The summed E-state index contributed by atoms with van der Waals surface area (Å²) in [7, 11) is 0. The monoisotopic (exact) mass is 475 g/mol. The Balaban J connectivity index is 1.56. The van der Waals surface area contributed by atoms with E-state index in [0.717, 1.165) is 11.1 Å².